The molecule has 1 heterocycles. The number of rotatable bonds is 5. The molecule has 2 nitrogen and oxygen atoms in total. The summed E-state index contributed by atoms with van der Waals surface area (Å²) >= 11 is 0. The molecule has 61 valence electrons. The van der Waals surface area contributed by atoms with E-state index in [-0.39, 0.29) is 0 Å². The van der Waals surface area contributed by atoms with Crippen LogP contribution in [0.4, 0.5) is 0 Å². The number of aromatic nitrogens is 2. The molecule has 0 fully saturated rings. The van der Waals surface area contributed by atoms with Gasteiger partial charge in [-0.3, -0.25) is 5.10 Å². The molecule has 1 N–H and O–H groups in total. The number of H-pyrrole nitrogens is 1. The average molecular weight is 151 g/mol. The van der Waals surface area contributed by atoms with E-state index >= 15 is 0 Å². The van der Waals surface area contributed by atoms with Crippen LogP contribution >= 0.6 is 0 Å². The number of hydrogen-bond acceptors (Lipinski definition) is 1. The van der Waals surface area contributed by atoms with Crippen LogP contribution in [0.1, 0.15) is 38.3 Å². The van der Waals surface area contributed by atoms with Crippen molar-refractivity contribution in [3.8, 4) is 0 Å². The summed E-state index contributed by atoms with van der Waals surface area (Å²) in [5, 5.41) is 6.80. The van der Waals surface area contributed by atoms with Gasteiger partial charge in [0.1, 0.15) is 0 Å². The summed E-state index contributed by atoms with van der Waals surface area (Å²) in [6.45, 7) is 2.22. The normalized spacial score (nSPS) is 10.3. The van der Waals surface area contributed by atoms with E-state index in [2.05, 4.69) is 23.2 Å². The average Bonchev–Trinajstić information content (AvgIpc) is 2.50. The maximum absolute atomic E-state index is 4.03. The molecular weight excluding hydrogens is 136 g/mol. The second kappa shape index (κ2) is 4.94. The van der Waals surface area contributed by atoms with Crippen molar-refractivity contribution >= 4 is 0 Å². The third-order valence-electron chi connectivity index (χ3n) is 1.77. The van der Waals surface area contributed by atoms with Gasteiger partial charge < -0.3 is 0 Å². The Labute approximate surface area is 68.0 Å². The number of hydrogen-bond donors (Lipinski definition) is 1. The van der Waals surface area contributed by atoms with Crippen LogP contribution in [-0.2, 0) is 6.42 Å². The van der Waals surface area contributed by atoms with E-state index in [1.807, 2.05) is 0 Å². The van der Waals surface area contributed by atoms with Gasteiger partial charge in [0.25, 0.3) is 0 Å². The lowest BCUT2D eigenvalue weighted by Gasteiger charge is -1.94. The van der Waals surface area contributed by atoms with Gasteiger partial charge in [-0.25, -0.2) is 0 Å². The Bertz CT molecular complexity index is 168. The summed E-state index contributed by atoms with van der Waals surface area (Å²) < 4.78 is 0. The van der Waals surface area contributed by atoms with Gasteiger partial charge >= 0.3 is 0 Å². The minimum atomic E-state index is 1.07. The number of aryl methyl sites for hydroxylation is 1. The molecule has 0 spiro atoms. The zero-order valence-electron chi connectivity index (χ0n) is 7.06. The Morgan fingerprint density at radius 3 is 3.00 bits per heavy atom. The molecule has 11 heavy (non-hydrogen) atoms. The zero-order chi connectivity index (χ0) is 7.94. The summed E-state index contributed by atoms with van der Waals surface area (Å²) in [6.07, 6.45) is 8.03. The zero-order valence-corrected chi connectivity index (χ0v) is 7.06. The first kappa shape index (κ1) is 8.31. The van der Waals surface area contributed by atoms with Crippen molar-refractivity contribution in [1.29, 1.82) is 0 Å². The van der Waals surface area contributed by atoms with Crippen LogP contribution in [-0.4, -0.2) is 10.2 Å². The standard InChI is InChI=1S/C9H15N2/c1-2-3-4-5-6-9-7-8-10-11-9/h8H,2-6H2,1H3,(H,10,11). The van der Waals surface area contributed by atoms with Crippen molar-refractivity contribution < 1.29 is 0 Å². The molecule has 0 aliphatic rings. The van der Waals surface area contributed by atoms with Crippen LogP contribution in [0.3, 0.4) is 0 Å². The third kappa shape index (κ3) is 3.21. The Kier molecular flexibility index (Phi) is 3.73. The first-order valence-corrected chi connectivity index (χ1v) is 4.34. The number of unbranched alkanes of at least 4 members (excludes halogenated alkanes) is 3. The van der Waals surface area contributed by atoms with Gasteiger partial charge in [-0.05, 0) is 12.8 Å². The Morgan fingerprint density at radius 2 is 2.36 bits per heavy atom. The molecule has 0 saturated heterocycles. The van der Waals surface area contributed by atoms with Crippen molar-refractivity contribution in [3.63, 3.8) is 0 Å². The molecular formula is C9H15N2. The van der Waals surface area contributed by atoms with Crippen LogP contribution in [0.25, 0.3) is 0 Å². The van der Waals surface area contributed by atoms with E-state index in [9.17, 15) is 0 Å². The lowest BCUT2D eigenvalue weighted by atomic mass is 10.1. The van der Waals surface area contributed by atoms with Gasteiger partial charge in [-0.15, -0.1) is 0 Å². The highest BCUT2D eigenvalue weighted by Gasteiger charge is 1.93. The smallest absolute Gasteiger partial charge is 0.0701 e. The predicted octanol–water partition coefficient (Wildman–Crippen LogP) is 2.33. The second-order valence-corrected chi connectivity index (χ2v) is 2.79. The predicted molar refractivity (Wildman–Crippen MR) is 45.3 cm³/mol. The maximum atomic E-state index is 4.03. The number of aromatic amines is 1. The molecule has 1 rings (SSSR count). The topological polar surface area (TPSA) is 28.7 Å². The maximum Gasteiger partial charge on any atom is 0.0701 e. The lowest BCUT2D eigenvalue weighted by molar-refractivity contribution is 0.659. The van der Waals surface area contributed by atoms with Crippen molar-refractivity contribution in [1.82, 2.24) is 10.2 Å². The van der Waals surface area contributed by atoms with Crippen molar-refractivity contribution in [2.24, 2.45) is 0 Å². The van der Waals surface area contributed by atoms with Gasteiger partial charge in [-0.2, -0.15) is 5.10 Å². The van der Waals surface area contributed by atoms with E-state index in [1.165, 1.54) is 25.7 Å². The highest BCUT2D eigenvalue weighted by Crippen LogP contribution is 2.03. The van der Waals surface area contributed by atoms with Gasteiger partial charge in [0.2, 0.25) is 0 Å². The molecule has 0 atom stereocenters. The SMILES string of the molecule is CCCCCCc1[c]c[nH]n1. The van der Waals surface area contributed by atoms with Crippen LogP contribution < -0.4 is 0 Å². The highest BCUT2D eigenvalue weighted by molar-refractivity contribution is 4.94. The molecule has 0 amide bonds. The highest BCUT2D eigenvalue weighted by atomic mass is 15.1. The van der Waals surface area contributed by atoms with Gasteiger partial charge in [0.05, 0.1) is 5.69 Å². The number of nitrogens with zero attached hydrogens (tertiary/aromatic N) is 1. The molecule has 0 bridgehead atoms. The van der Waals surface area contributed by atoms with Crippen LogP contribution in [0.2, 0.25) is 0 Å². The molecule has 2 heteroatoms. The molecule has 0 aliphatic carbocycles. The fourth-order valence-corrected chi connectivity index (χ4v) is 1.11. The molecule has 1 radical (unpaired) electrons. The Hall–Kier alpha value is -0.790. The van der Waals surface area contributed by atoms with Gasteiger partial charge in [0.15, 0.2) is 0 Å². The molecule has 0 aromatic carbocycles. The second-order valence-electron chi connectivity index (χ2n) is 2.79. The van der Waals surface area contributed by atoms with Crippen molar-refractivity contribution in [3.05, 3.63) is 18.0 Å². The minimum Gasteiger partial charge on any atom is -0.285 e. The minimum absolute atomic E-state index is 1.07. The number of nitrogens with one attached hydrogen (secondary N) is 1. The largest absolute Gasteiger partial charge is 0.285 e. The summed E-state index contributed by atoms with van der Waals surface area (Å²) in [6, 6.07) is 3.05. The lowest BCUT2D eigenvalue weighted by Crippen LogP contribution is -1.85. The molecule has 0 saturated carbocycles. The van der Waals surface area contributed by atoms with E-state index in [4.69, 9.17) is 0 Å². The van der Waals surface area contributed by atoms with Gasteiger partial charge in [0, 0.05) is 12.3 Å². The van der Waals surface area contributed by atoms with Crippen molar-refractivity contribution in [2.45, 2.75) is 39.0 Å². The summed E-state index contributed by atoms with van der Waals surface area (Å²) in [7, 11) is 0. The van der Waals surface area contributed by atoms with Crippen molar-refractivity contribution in [2.75, 3.05) is 0 Å². The fraction of sp³-hybridized carbons (Fsp3) is 0.667. The first-order valence-electron chi connectivity index (χ1n) is 4.34. The summed E-state index contributed by atoms with van der Waals surface area (Å²) in [5.41, 5.74) is 1.07. The fourth-order valence-electron chi connectivity index (χ4n) is 1.11. The first-order chi connectivity index (χ1) is 5.43. The molecule has 0 aliphatic heterocycles. The molecule has 1 aromatic heterocycles. The van der Waals surface area contributed by atoms with Crippen LogP contribution in [0.5, 0.6) is 0 Å². The summed E-state index contributed by atoms with van der Waals surface area (Å²) in [5.74, 6) is 0. The quantitative estimate of drug-likeness (QED) is 0.643. The third-order valence-corrected chi connectivity index (χ3v) is 1.77. The Balaban J connectivity index is 2.04. The van der Waals surface area contributed by atoms with Crippen LogP contribution in [0, 0.1) is 6.07 Å². The van der Waals surface area contributed by atoms with E-state index in [0.29, 0.717) is 0 Å². The monoisotopic (exact) mass is 151 g/mol. The molecule has 0 unspecified atom stereocenters. The van der Waals surface area contributed by atoms with Gasteiger partial charge in [-0.1, -0.05) is 26.2 Å². The van der Waals surface area contributed by atoms with Crippen LogP contribution in [0.15, 0.2) is 6.20 Å². The van der Waals surface area contributed by atoms with E-state index in [1.54, 1.807) is 6.20 Å². The molecule has 1 aromatic rings. The Morgan fingerprint density at radius 1 is 1.45 bits per heavy atom. The van der Waals surface area contributed by atoms with E-state index in [0.717, 1.165) is 12.1 Å². The summed E-state index contributed by atoms with van der Waals surface area (Å²) in [4.78, 5) is 0. The van der Waals surface area contributed by atoms with E-state index < -0.39 is 0 Å².